The summed E-state index contributed by atoms with van der Waals surface area (Å²) >= 11 is 0. The highest BCUT2D eigenvalue weighted by atomic mass is 32.2. The van der Waals surface area contributed by atoms with Crippen LogP contribution in [0.1, 0.15) is 18.7 Å². The van der Waals surface area contributed by atoms with E-state index in [1.165, 1.54) is 16.4 Å². The molecule has 3 N–H and O–H groups in total. The van der Waals surface area contributed by atoms with Gasteiger partial charge < -0.3 is 15.7 Å². The zero-order chi connectivity index (χ0) is 26.5. The van der Waals surface area contributed by atoms with Gasteiger partial charge in [-0.15, -0.1) is 0 Å². The minimum atomic E-state index is -3.93. The fraction of sp³-hybridized carbons (Fsp3) is 0.375. The molecule has 3 aromatic rings. The van der Waals surface area contributed by atoms with Crippen LogP contribution < -0.4 is 10.6 Å². The maximum absolute atomic E-state index is 13.1. The molecule has 1 aliphatic heterocycles. The van der Waals surface area contributed by atoms with E-state index in [4.69, 9.17) is 5.73 Å². The first kappa shape index (κ1) is 26.5. The Morgan fingerprint density at radius 3 is 2.22 bits per heavy atom. The second kappa shape index (κ2) is 11.2. The lowest BCUT2D eigenvalue weighted by Gasteiger charge is -2.35. The Bertz CT molecular complexity index is 1300. The van der Waals surface area contributed by atoms with E-state index in [1.807, 2.05) is 4.90 Å². The van der Waals surface area contributed by atoms with Gasteiger partial charge in [0, 0.05) is 63.0 Å². The van der Waals surface area contributed by atoms with Gasteiger partial charge >= 0.3 is 5.97 Å². The summed E-state index contributed by atoms with van der Waals surface area (Å²) in [6.45, 7) is 0.980. The molecule has 2 aromatic heterocycles. The van der Waals surface area contributed by atoms with Crippen molar-refractivity contribution >= 4 is 21.9 Å². The van der Waals surface area contributed by atoms with E-state index in [1.54, 1.807) is 43.0 Å². The topological polar surface area (TPSA) is 155 Å². The first-order valence-electron chi connectivity index (χ1n) is 11.8. The minimum absolute atomic E-state index is 0.0337. The average molecular weight is 530 g/mol. The summed E-state index contributed by atoms with van der Waals surface area (Å²) in [6.07, 6.45) is 7.14. The zero-order valence-electron chi connectivity index (χ0n) is 20.1. The molecule has 1 saturated heterocycles. The van der Waals surface area contributed by atoms with Gasteiger partial charge in [0.25, 0.3) is 0 Å². The number of carboxylic acids is 1. The minimum Gasteiger partial charge on any atom is -0.480 e. The lowest BCUT2D eigenvalue weighted by atomic mass is 9.96. The number of benzene rings is 1. The highest BCUT2D eigenvalue weighted by molar-refractivity contribution is 7.89. The van der Waals surface area contributed by atoms with E-state index in [2.05, 4.69) is 19.9 Å². The molecular weight excluding hydrogens is 501 g/mol. The van der Waals surface area contributed by atoms with Crippen molar-refractivity contribution in [2.75, 3.05) is 36.8 Å². The molecule has 196 valence electrons. The molecule has 0 amide bonds. The monoisotopic (exact) mass is 529 g/mol. The summed E-state index contributed by atoms with van der Waals surface area (Å²) in [6, 6.07) is 7.68. The highest BCUT2D eigenvalue weighted by Crippen LogP contribution is 2.22. The van der Waals surface area contributed by atoms with Crippen LogP contribution in [0.5, 0.6) is 0 Å². The first-order valence-corrected chi connectivity index (χ1v) is 13.4. The Balaban J connectivity index is 1.34. The largest absolute Gasteiger partial charge is 0.480 e. The molecule has 37 heavy (non-hydrogen) atoms. The molecule has 0 unspecified atom stereocenters. The first-order chi connectivity index (χ1) is 17.7. The van der Waals surface area contributed by atoms with Crippen LogP contribution >= 0.6 is 0 Å². The van der Waals surface area contributed by atoms with Crippen LogP contribution in [0, 0.1) is 5.82 Å². The molecule has 4 rings (SSSR count). The number of aromatic nitrogens is 4. The third-order valence-corrected chi connectivity index (χ3v) is 8.27. The number of rotatable bonds is 10. The van der Waals surface area contributed by atoms with Crippen LogP contribution in [0.15, 0.2) is 55.1 Å². The van der Waals surface area contributed by atoms with Gasteiger partial charge in [-0.1, -0.05) is 12.1 Å². The number of aryl methyl sites for hydroxylation is 1. The predicted octanol–water partition coefficient (Wildman–Crippen LogP) is 1.33. The molecular formula is C24H28FN7O4S. The Hall–Kier alpha value is -3.55. The van der Waals surface area contributed by atoms with Crippen LogP contribution in [-0.2, 0) is 21.2 Å². The SMILES string of the molecule is N[C@](CCCc1ncccn1)(CS(=O)(=O)N1CCN(c2ncc(-c3ccc(F)cc3)cn2)CC1)C(=O)O. The van der Waals surface area contributed by atoms with Crippen molar-refractivity contribution in [3.05, 3.63) is 66.8 Å². The fourth-order valence-corrected chi connectivity index (χ4v) is 5.94. The third-order valence-electron chi connectivity index (χ3n) is 6.24. The molecule has 0 radical (unpaired) electrons. The molecule has 1 aromatic carbocycles. The van der Waals surface area contributed by atoms with E-state index in [-0.39, 0.29) is 25.3 Å². The number of piperazine rings is 1. The normalized spacial score (nSPS) is 16.3. The van der Waals surface area contributed by atoms with Crippen molar-refractivity contribution in [3.63, 3.8) is 0 Å². The van der Waals surface area contributed by atoms with Gasteiger partial charge in [-0.3, -0.25) is 4.79 Å². The molecule has 0 aliphatic carbocycles. The summed E-state index contributed by atoms with van der Waals surface area (Å²) in [7, 11) is -3.93. The number of aliphatic carboxylic acids is 1. The van der Waals surface area contributed by atoms with Gasteiger partial charge in [-0.2, -0.15) is 4.31 Å². The lowest BCUT2D eigenvalue weighted by Crippen LogP contribution is -2.58. The van der Waals surface area contributed by atoms with Crippen LogP contribution in [0.2, 0.25) is 0 Å². The number of hydrogen-bond donors (Lipinski definition) is 2. The summed E-state index contributed by atoms with van der Waals surface area (Å²) < 4.78 is 40.6. The van der Waals surface area contributed by atoms with Gasteiger partial charge in [0.15, 0.2) is 0 Å². The van der Waals surface area contributed by atoms with Gasteiger partial charge in [-0.25, -0.2) is 32.7 Å². The second-order valence-corrected chi connectivity index (χ2v) is 10.9. The Kier molecular flexibility index (Phi) is 8.05. The standard InChI is InChI=1S/C24H28FN7O4S/c25-20-6-4-18(5-7-20)19-15-29-23(30-16-19)31-11-13-32(14-12-31)37(35,36)17-24(26,22(33)34)8-1-3-21-27-9-2-10-28-21/h2,4-7,9-10,15-16H,1,3,8,11-14,17,26H2,(H,33,34)/t24-/m1/s1. The van der Waals surface area contributed by atoms with Gasteiger partial charge in [0.1, 0.15) is 17.2 Å². The third kappa shape index (κ3) is 6.61. The van der Waals surface area contributed by atoms with E-state index >= 15 is 0 Å². The molecule has 1 atom stereocenters. The van der Waals surface area contributed by atoms with Crippen molar-refractivity contribution in [1.29, 1.82) is 0 Å². The summed E-state index contributed by atoms with van der Waals surface area (Å²) in [5.74, 6) is -1.40. The van der Waals surface area contributed by atoms with Crippen molar-refractivity contribution in [2.24, 2.45) is 5.73 Å². The smallest absolute Gasteiger partial charge is 0.324 e. The fourth-order valence-electron chi connectivity index (χ4n) is 4.12. The summed E-state index contributed by atoms with van der Waals surface area (Å²) in [5, 5.41) is 9.72. The van der Waals surface area contributed by atoms with Crippen LogP contribution in [0.4, 0.5) is 10.3 Å². The summed E-state index contributed by atoms with van der Waals surface area (Å²) in [4.78, 5) is 30.7. The summed E-state index contributed by atoms with van der Waals surface area (Å²) in [5.41, 5.74) is 5.68. The molecule has 13 heteroatoms. The number of carbonyl (C=O) groups is 1. The van der Waals surface area contributed by atoms with Gasteiger partial charge in [0.2, 0.25) is 16.0 Å². The molecule has 0 saturated carbocycles. The van der Waals surface area contributed by atoms with Crippen LogP contribution in [0.25, 0.3) is 11.1 Å². The van der Waals surface area contributed by atoms with Crippen LogP contribution in [0.3, 0.4) is 0 Å². The lowest BCUT2D eigenvalue weighted by molar-refractivity contribution is -0.142. The quantitative estimate of drug-likeness (QED) is 0.393. The van der Waals surface area contributed by atoms with E-state index in [0.717, 1.165) is 11.1 Å². The van der Waals surface area contributed by atoms with E-state index in [0.29, 0.717) is 37.7 Å². The zero-order valence-corrected chi connectivity index (χ0v) is 20.9. The average Bonchev–Trinajstić information content (AvgIpc) is 2.90. The molecule has 0 spiro atoms. The van der Waals surface area contributed by atoms with E-state index < -0.39 is 27.3 Å². The number of nitrogens with two attached hydrogens (primary N) is 1. The van der Waals surface area contributed by atoms with Crippen molar-refractivity contribution < 1.29 is 22.7 Å². The van der Waals surface area contributed by atoms with Gasteiger partial charge in [-0.05, 0) is 36.6 Å². The predicted molar refractivity (Wildman–Crippen MR) is 135 cm³/mol. The Labute approximate surface area is 214 Å². The number of nitrogens with zero attached hydrogens (tertiary/aromatic N) is 6. The highest BCUT2D eigenvalue weighted by Gasteiger charge is 2.41. The van der Waals surface area contributed by atoms with Crippen molar-refractivity contribution in [1.82, 2.24) is 24.2 Å². The number of sulfonamides is 1. The maximum Gasteiger partial charge on any atom is 0.324 e. The van der Waals surface area contributed by atoms with E-state index in [9.17, 15) is 22.7 Å². The second-order valence-electron chi connectivity index (χ2n) is 8.90. The number of anilines is 1. The molecule has 11 nitrogen and oxygen atoms in total. The van der Waals surface area contributed by atoms with Crippen LogP contribution in [-0.4, -0.2) is 81.2 Å². The van der Waals surface area contributed by atoms with Gasteiger partial charge in [0.05, 0.1) is 5.75 Å². The van der Waals surface area contributed by atoms with Crippen molar-refractivity contribution in [3.8, 4) is 11.1 Å². The molecule has 1 aliphatic rings. The van der Waals surface area contributed by atoms with Crippen molar-refractivity contribution in [2.45, 2.75) is 24.8 Å². The maximum atomic E-state index is 13.1. The Morgan fingerprint density at radius 2 is 1.62 bits per heavy atom. The Morgan fingerprint density at radius 1 is 1.00 bits per heavy atom. The number of hydrogen-bond acceptors (Lipinski definition) is 9. The number of halogens is 1. The molecule has 3 heterocycles. The number of carboxylic acid groups (broad SMARTS) is 1. The molecule has 0 bridgehead atoms. The molecule has 1 fully saturated rings.